The first-order chi connectivity index (χ1) is 10.6. The summed E-state index contributed by atoms with van der Waals surface area (Å²) in [4.78, 5) is 15.1. The van der Waals surface area contributed by atoms with Gasteiger partial charge in [0.2, 0.25) is 0 Å². The summed E-state index contributed by atoms with van der Waals surface area (Å²) in [5.74, 6) is -0.436. The van der Waals surface area contributed by atoms with Gasteiger partial charge in [0.05, 0.1) is 5.92 Å². The van der Waals surface area contributed by atoms with Crippen molar-refractivity contribution in [1.29, 1.82) is 0 Å². The first-order valence-electron chi connectivity index (χ1n) is 7.67. The van der Waals surface area contributed by atoms with Crippen LogP contribution in [0.3, 0.4) is 0 Å². The molecule has 2 atom stereocenters. The highest BCUT2D eigenvalue weighted by Gasteiger charge is 2.45. The molecule has 1 aliphatic heterocycles. The molecule has 1 fully saturated rings. The van der Waals surface area contributed by atoms with E-state index >= 15 is 0 Å². The Morgan fingerprint density at radius 3 is 2.32 bits per heavy atom. The van der Waals surface area contributed by atoms with Crippen molar-refractivity contribution < 1.29 is 9.90 Å². The molecule has 0 aliphatic carbocycles. The Morgan fingerprint density at radius 1 is 1.09 bits per heavy atom. The molecule has 0 aromatic heterocycles. The SMILES string of the molecule is CN1CC[C@](O)(c2ccccc2)[C@H](C(=O)c2ccccc2)C1. The van der Waals surface area contributed by atoms with Gasteiger partial charge in [0.25, 0.3) is 0 Å². The van der Waals surface area contributed by atoms with E-state index in [2.05, 4.69) is 4.90 Å². The van der Waals surface area contributed by atoms with E-state index < -0.39 is 11.5 Å². The maximum Gasteiger partial charge on any atom is 0.170 e. The van der Waals surface area contributed by atoms with Crippen LogP contribution in [0.15, 0.2) is 60.7 Å². The molecular formula is C19H21NO2. The lowest BCUT2D eigenvalue weighted by Gasteiger charge is -2.43. The zero-order chi connectivity index (χ0) is 15.6. The van der Waals surface area contributed by atoms with Crippen LogP contribution in [0, 0.1) is 5.92 Å². The van der Waals surface area contributed by atoms with Crippen molar-refractivity contribution in [3.63, 3.8) is 0 Å². The number of rotatable bonds is 3. The molecule has 3 heteroatoms. The van der Waals surface area contributed by atoms with E-state index in [-0.39, 0.29) is 5.78 Å². The number of likely N-dealkylation sites (tertiary alicyclic amines) is 1. The molecule has 0 bridgehead atoms. The molecule has 114 valence electrons. The number of nitrogens with zero attached hydrogens (tertiary/aromatic N) is 1. The van der Waals surface area contributed by atoms with Crippen molar-refractivity contribution in [1.82, 2.24) is 4.90 Å². The zero-order valence-corrected chi connectivity index (χ0v) is 12.8. The second kappa shape index (κ2) is 6.03. The van der Waals surface area contributed by atoms with Crippen LogP contribution < -0.4 is 0 Å². The lowest BCUT2D eigenvalue weighted by molar-refractivity contribution is -0.0594. The van der Waals surface area contributed by atoms with Crippen LogP contribution in [0.25, 0.3) is 0 Å². The highest BCUT2D eigenvalue weighted by Crippen LogP contribution is 2.38. The predicted molar refractivity (Wildman–Crippen MR) is 86.7 cm³/mol. The number of hydrogen-bond donors (Lipinski definition) is 1. The van der Waals surface area contributed by atoms with Gasteiger partial charge >= 0.3 is 0 Å². The third-order valence-corrected chi connectivity index (χ3v) is 4.59. The highest BCUT2D eigenvalue weighted by atomic mass is 16.3. The van der Waals surface area contributed by atoms with Gasteiger partial charge in [-0.15, -0.1) is 0 Å². The van der Waals surface area contributed by atoms with E-state index in [9.17, 15) is 9.90 Å². The Bertz CT molecular complexity index is 641. The van der Waals surface area contributed by atoms with E-state index in [1.165, 1.54) is 0 Å². The van der Waals surface area contributed by atoms with Gasteiger partial charge in [-0.3, -0.25) is 4.79 Å². The number of hydrogen-bond acceptors (Lipinski definition) is 3. The van der Waals surface area contributed by atoms with Crippen molar-refractivity contribution in [2.75, 3.05) is 20.1 Å². The summed E-state index contributed by atoms with van der Waals surface area (Å²) in [5.41, 5.74) is 0.398. The van der Waals surface area contributed by atoms with Crippen LogP contribution in [0.2, 0.25) is 0 Å². The summed E-state index contributed by atoms with van der Waals surface area (Å²) in [7, 11) is 2.00. The number of piperidine rings is 1. The van der Waals surface area contributed by atoms with Gasteiger partial charge in [-0.25, -0.2) is 0 Å². The molecule has 0 saturated carbocycles. The maximum absolute atomic E-state index is 12.9. The fourth-order valence-corrected chi connectivity index (χ4v) is 3.27. The fourth-order valence-electron chi connectivity index (χ4n) is 3.27. The molecule has 22 heavy (non-hydrogen) atoms. The van der Waals surface area contributed by atoms with Crippen molar-refractivity contribution >= 4 is 5.78 Å². The number of benzene rings is 2. The first-order valence-corrected chi connectivity index (χ1v) is 7.67. The predicted octanol–water partition coefficient (Wildman–Crippen LogP) is 2.71. The van der Waals surface area contributed by atoms with Crippen molar-refractivity contribution in [2.45, 2.75) is 12.0 Å². The van der Waals surface area contributed by atoms with Crippen LogP contribution >= 0.6 is 0 Å². The second-order valence-electron chi connectivity index (χ2n) is 6.09. The lowest BCUT2D eigenvalue weighted by atomic mass is 9.73. The molecule has 1 saturated heterocycles. The first kappa shape index (κ1) is 14.9. The van der Waals surface area contributed by atoms with Gasteiger partial charge in [0.15, 0.2) is 5.78 Å². The van der Waals surface area contributed by atoms with E-state index in [1.54, 1.807) is 0 Å². The van der Waals surface area contributed by atoms with Gasteiger partial charge in [0.1, 0.15) is 5.60 Å². The maximum atomic E-state index is 12.9. The number of ketones is 1. The standard InChI is InChI=1S/C19H21NO2/c1-20-13-12-19(22,16-10-6-3-7-11-16)17(14-20)18(21)15-8-4-2-5-9-15/h2-11,17,22H,12-14H2,1H3/t17-,19-/m0/s1. The van der Waals surface area contributed by atoms with Gasteiger partial charge in [-0.1, -0.05) is 60.7 Å². The monoisotopic (exact) mass is 295 g/mol. The third kappa shape index (κ3) is 2.70. The Labute approximate surface area is 131 Å². The van der Waals surface area contributed by atoms with Gasteiger partial charge in [-0.05, 0) is 19.0 Å². The number of carbonyl (C=O) groups excluding carboxylic acids is 1. The molecule has 1 aliphatic rings. The molecule has 1 N–H and O–H groups in total. The van der Waals surface area contributed by atoms with Gasteiger partial charge in [0, 0.05) is 18.7 Å². The molecule has 2 aromatic rings. The summed E-state index contributed by atoms with van der Waals surface area (Å²) in [6.45, 7) is 1.35. The minimum atomic E-state index is -1.10. The Hall–Kier alpha value is -1.97. The average molecular weight is 295 g/mol. The second-order valence-corrected chi connectivity index (χ2v) is 6.09. The van der Waals surface area contributed by atoms with E-state index in [0.717, 1.165) is 12.1 Å². The van der Waals surface area contributed by atoms with Crippen molar-refractivity contribution in [2.24, 2.45) is 5.92 Å². The Kier molecular flexibility index (Phi) is 4.10. The van der Waals surface area contributed by atoms with Crippen LogP contribution in [-0.4, -0.2) is 35.9 Å². The van der Waals surface area contributed by atoms with E-state index in [0.29, 0.717) is 18.5 Å². The van der Waals surface area contributed by atoms with E-state index in [1.807, 2.05) is 67.7 Å². The average Bonchev–Trinajstić information content (AvgIpc) is 2.58. The number of carbonyl (C=O) groups is 1. The number of Topliss-reactive ketones (excluding diaryl/α,β-unsaturated/α-hetero) is 1. The smallest absolute Gasteiger partial charge is 0.170 e. The summed E-state index contributed by atoms with van der Waals surface area (Å²) in [5, 5.41) is 11.3. The topological polar surface area (TPSA) is 40.5 Å². The summed E-state index contributed by atoms with van der Waals surface area (Å²) in [6, 6.07) is 18.8. The molecule has 3 rings (SSSR count). The zero-order valence-electron chi connectivity index (χ0n) is 12.8. The minimum absolute atomic E-state index is 0.0125. The normalized spacial score (nSPS) is 25.8. The summed E-state index contributed by atoms with van der Waals surface area (Å²) < 4.78 is 0. The molecule has 0 unspecified atom stereocenters. The molecule has 2 aromatic carbocycles. The van der Waals surface area contributed by atoms with Gasteiger partial charge in [-0.2, -0.15) is 0 Å². The number of aliphatic hydroxyl groups is 1. The van der Waals surface area contributed by atoms with Crippen LogP contribution in [0.5, 0.6) is 0 Å². The van der Waals surface area contributed by atoms with Crippen molar-refractivity contribution in [3.8, 4) is 0 Å². The molecular weight excluding hydrogens is 274 g/mol. The molecule has 3 nitrogen and oxygen atoms in total. The molecule has 0 radical (unpaired) electrons. The Morgan fingerprint density at radius 2 is 1.68 bits per heavy atom. The quantitative estimate of drug-likeness (QED) is 0.885. The van der Waals surface area contributed by atoms with E-state index in [4.69, 9.17) is 0 Å². The summed E-state index contributed by atoms with van der Waals surface area (Å²) in [6.07, 6.45) is 0.566. The van der Waals surface area contributed by atoms with Crippen LogP contribution in [-0.2, 0) is 5.60 Å². The molecule has 1 heterocycles. The van der Waals surface area contributed by atoms with Gasteiger partial charge < -0.3 is 10.0 Å². The fraction of sp³-hybridized carbons (Fsp3) is 0.316. The largest absolute Gasteiger partial charge is 0.384 e. The van der Waals surface area contributed by atoms with Crippen LogP contribution in [0.4, 0.5) is 0 Å². The molecule has 0 spiro atoms. The highest BCUT2D eigenvalue weighted by molar-refractivity contribution is 5.98. The Balaban J connectivity index is 1.99. The molecule has 0 amide bonds. The third-order valence-electron chi connectivity index (χ3n) is 4.59. The van der Waals surface area contributed by atoms with Crippen molar-refractivity contribution in [3.05, 3.63) is 71.8 Å². The minimum Gasteiger partial charge on any atom is -0.384 e. The summed E-state index contributed by atoms with van der Waals surface area (Å²) >= 11 is 0. The van der Waals surface area contributed by atoms with Crippen LogP contribution in [0.1, 0.15) is 22.3 Å². The lowest BCUT2D eigenvalue weighted by Crippen LogP contribution is -2.52.